The Morgan fingerprint density at radius 2 is 0.676 bits per heavy atom. The van der Waals surface area contributed by atoms with E-state index in [9.17, 15) is 9.59 Å². The molecule has 0 aromatic heterocycles. The zero-order chi connectivity index (χ0) is 49.2. The predicted molar refractivity (Wildman–Crippen MR) is 297 cm³/mol. The highest BCUT2D eigenvalue weighted by Crippen LogP contribution is 2.16. The summed E-state index contributed by atoms with van der Waals surface area (Å²) in [6.45, 7) is 7.66. The van der Waals surface area contributed by atoms with Crippen molar-refractivity contribution < 1.29 is 23.8 Å². The Morgan fingerprint density at radius 1 is 0.338 bits per heavy atom. The lowest BCUT2D eigenvalue weighted by Crippen LogP contribution is -2.30. The van der Waals surface area contributed by atoms with Gasteiger partial charge in [0, 0.05) is 19.4 Å². The van der Waals surface area contributed by atoms with Gasteiger partial charge in [-0.3, -0.25) is 9.59 Å². The Morgan fingerprint density at radius 3 is 1.13 bits per heavy atom. The van der Waals surface area contributed by atoms with Crippen molar-refractivity contribution in [3.8, 4) is 0 Å². The lowest BCUT2D eigenvalue weighted by Gasteiger charge is -2.18. The molecule has 0 amide bonds. The number of ether oxygens (including phenoxy) is 3. The quantitative estimate of drug-likeness (QED) is 0.0345. The molecule has 0 spiro atoms. The van der Waals surface area contributed by atoms with Crippen molar-refractivity contribution in [3.05, 3.63) is 85.1 Å². The lowest BCUT2D eigenvalue weighted by atomic mass is 10.0. The summed E-state index contributed by atoms with van der Waals surface area (Å²) in [5, 5.41) is 0. The first-order valence-corrected chi connectivity index (χ1v) is 29.1. The summed E-state index contributed by atoms with van der Waals surface area (Å²) in [5.41, 5.74) is 0. The number of hydrogen-bond acceptors (Lipinski definition) is 5. The average Bonchev–Trinajstić information content (AvgIpc) is 3.34. The van der Waals surface area contributed by atoms with Crippen LogP contribution in [-0.2, 0) is 23.8 Å². The van der Waals surface area contributed by atoms with Crippen LogP contribution in [0.25, 0.3) is 0 Å². The fourth-order valence-corrected chi connectivity index (χ4v) is 8.11. The second-order valence-electron chi connectivity index (χ2n) is 19.2. The smallest absolute Gasteiger partial charge is 0.306 e. The number of carbonyl (C=O) groups is 2. The van der Waals surface area contributed by atoms with Gasteiger partial charge in [-0.1, -0.05) is 260 Å². The van der Waals surface area contributed by atoms with Crippen molar-refractivity contribution in [1.29, 1.82) is 0 Å². The minimum Gasteiger partial charge on any atom is -0.462 e. The van der Waals surface area contributed by atoms with Gasteiger partial charge in [0.05, 0.1) is 6.61 Å². The molecule has 68 heavy (non-hydrogen) atoms. The molecule has 5 heteroatoms. The second-order valence-corrected chi connectivity index (χ2v) is 19.2. The monoisotopic (exact) mass is 947 g/mol. The highest BCUT2D eigenvalue weighted by Gasteiger charge is 2.17. The lowest BCUT2D eigenvalue weighted by molar-refractivity contribution is -0.163. The van der Waals surface area contributed by atoms with Crippen LogP contribution >= 0.6 is 0 Å². The SMILES string of the molecule is CC/C=C\C/C=C\C/C=C\C/C=C\C/C=C\CCCC(=O)OCC(COCCCCCCCCCCCC/C=C\C/C=C\CCCCC)OC(=O)CCCCCCCCCCCCCCCCC. The zero-order valence-electron chi connectivity index (χ0n) is 45.1. The van der Waals surface area contributed by atoms with Crippen LogP contribution in [0.1, 0.15) is 278 Å². The third kappa shape index (κ3) is 55.7. The van der Waals surface area contributed by atoms with Crippen molar-refractivity contribution in [2.75, 3.05) is 19.8 Å². The summed E-state index contributed by atoms with van der Waals surface area (Å²) in [4.78, 5) is 25.5. The highest BCUT2D eigenvalue weighted by molar-refractivity contribution is 5.70. The summed E-state index contributed by atoms with van der Waals surface area (Å²) in [6.07, 6.45) is 77.5. The van der Waals surface area contributed by atoms with E-state index in [2.05, 4.69) is 106 Å². The van der Waals surface area contributed by atoms with Crippen LogP contribution in [0, 0.1) is 0 Å². The summed E-state index contributed by atoms with van der Waals surface area (Å²) >= 11 is 0. The third-order valence-electron chi connectivity index (χ3n) is 12.4. The second kappa shape index (κ2) is 58.4. The Bertz CT molecular complexity index is 1250. The zero-order valence-corrected chi connectivity index (χ0v) is 45.1. The standard InChI is InChI=1S/C63H110O5/c1-4-7-10-13-16-19-22-25-28-30-31-32-34-37-40-43-46-49-52-55-58-66-59-61(68-63(65)57-54-51-48-45-42-39-35-27-24-21-18-15-12-9-6-3)60-67-62(64)56-53-50-47-44-41-38-36-33-29-26-23-20-17-14-11-8-5-2/h8,11,16-17,19-20,25-26,28-29,36,38,44,47,61H,4-7,9-10,12-15,18,21-24,27,30-35,37,39-43,45-46,48-60H2,1-3H3/b11-8-,19-16-,20-17-,28-25-,29-26-,38-36-,47-44-. The highest BCUT2D eigenvalue weighted by atomic mass is 16.6. The van der Waals surface area contributed by atoms with Gasteiger partial charge in [-0.15, -0.1) is 0 Å². The van der Waals surface area contributed by atoms with Crippen molar-refractivity contribution in [2.24, 2.45) is 0 Å². The molecular weight excluding hydrogens is 837 g/mol. The van der Waals surface area contributed by atoms with Gasteiger partial charge in [-0.2, -0.15) is 0 Å². The van der Waals surface area contributed by atoms with Crippen molar-refractivity contribution in [3.63, 3.8) is 0 Å². The fraction of sp³-hybridized carbons (Fsp3) is 0.746. The molecule has 0 aliphatic rings. The van der Waals surface area contributed by atoms with E-state index < -0.39 is 6.10 Å². The number of esters is 2. The summed E-state index contributed by atoms with van der Waals surface area (Å²) in [6, 6.07) is 0. The molecule has 5 nitrogen and oxygen atoms in total. The summed E-state index contributed by atoms with van der Waals surface area (Å²) < 4.78 is 17.4. The van der Waals surface area contributed by atoms with E-state index in [1.807, 2.05) is 0 Å². The van der Waals surface area contributed by atoms with Crippen molar-refractivity contribution >= 4 is 11.9 Å². The molecule has 0 rings (SSSR count). The Balaban J connectivity index is 4.34. The minimum absolute atomic E-state index is 0.0542. The summed E-state index contributed by atoms with van der Waals surface area (Å²) in [5.74, 6) is -0.457. The largest absolute Gasteiger partial charge is 0.462 e. The number of hydrogen-bond donors (Lipinski definition) is 0. The molecular formula is C63H110O5. The van der Waals surface area contributed by atoms with Crippen LogP contribution in [0.15, 0.2) is 85.1 Å². The van der Waals surface area contributed by atoms with E-state index in [4.69, 9.17) is 14.2 Å². The van der Waals surface area contributed by atoms with Crippen LogP contribution in [0.3, 0.4) is 0 Å². The predicted octanol–water partition coefficient (Wildman–Crippen LogP) is 20.0. The molecule has 1 atom stereocenters. The molecule has 0 radical (unpaired) electrons. The molecule has 0 aromatic rings. The first-order valence-electron chi connectivity index (χ1n) is 29.1. The molecule has 0 aliphatic carbocycles. The molecule has 0 N–H and O–H groups in total. The molecule has 392 valence electrons. The number of rotatable bonds is 53. The summed E-state index contributed by atoms with van der Waals surface area (Å²) in [7, 11) is 0. The average molecular weight is 948 g/mol. The Hall–Kier alpha value is -2.92. The maximum absolute atomic E-state index is 12.9. The van der Waals surface area contributed by atoms with Gasteiger partial charge < -0.3 is 14.2 Å². The third-order valence-corrected chi connectivity index (χ3v) is 12.4. The molecule has 0 heterocycles. The Labute approximate surface area is 422 Å². The van der Waals surface area contributed by atoms with Crippen LogP contribution in [-0.4, -0.2) is 37.9 Å². The van der Waals surface area contributed by atoms with E-state index in [0.717, 1.165) is 77.0 Å². The van der Waals surface area contributed by atoms with Crippen LogP contribution in [0.5, 0.6) is 0 Å². The molecule has 0 saturated carbocycles. The van der Waals surface area contributed by atoms with Gasteiger partial charge in [-0.25, -0.2) is 0 Å². The van der Waals surface area contributed by atoms with Gasteiger partial charge >= 0.3 is 11.9 Å². The van der Waals surface area contributed by atoms with Crippen LogP contribution in [0.4, 0.5) is 0 Å². The van der Waals surface area contributed by atoms with E-state index in [1.54, 1.807) is 0 Å². The van der Waals surface area contributed by atoms with Crippen LogP contribution < -0.4 is 0 Å². The molecule has 0 aromatic carbocycles. The maximum atomic E-state index is 12.9. The molecule has 0 aliphatic heterocycles. The van der Waals surface area contributed by atoms with Crippen molar-refractivity contribution in [2.45, 2.75) is 284 Å². The maximum Gasteiger partial charge on any atom is 0.306 e. The molecule has 1 unspecified atom stereocenters. The van der Waals surface area contributed by atoms with E-state index in [0.29, 0.717) is 19.4 Å². The number of carbonyl (C=O) groups excluding carboxylic acids is 2. The number of allylic oxidation sites excluding steroid dienone is 14. The van der Waals surface area contributed by atoms with Gasteiger partial charge in [0.25, 0.3) is 0 Å². The molecule has 0 saturated heterocycles. The van der Waals surface area contributed by atoms with E-state index in [-0.39, 0.29) is 25.2 Å². The van der Waals surface area contributed by atoms with Gasteiger partial charge in [0.15, 0.2) is 6.10 Å². The normalized spacial score (nSPS) is 12.8. The minimum atomic E-state index is -0.563. The van der Waals surface area contributed by atoms with Gasteiger partial charge in [0.2, 0.25) is 0 Å². The molecule has 0 fully saturated rings. The van der Waals surface area contributed by atoms with Crippen LogP contribution in [0.2, 0.25) is 0 Å². The van der Waals surface area contributed by atoms with E-state index >= 15 is 0 Å². The first-order chi connectivity index (χ1) is 33.6. The topological polar surface area (TPSA) is 61.8 Å². The molecule has 0 bridgehead atoms. The fourth-order valence-electron chi connectivity index (χ4n) is 8.11. The number of unbranched alkanes of at least 4 members (excludes halogenated alkanes) is 28. The Kier molecular flexibility index (Phi) is 55.9. The van der Waals surface area contributed by atoms with Crippen molar-refractivity contribution in [1.82, 2.24) is 0 Å². The van der Waals surface area contributed by atoms with Gasteiger partial charge in [0.1, 0.15) is 6.61 Å². The van der Waals surface area contributed by atoms with Gasteiger partial charge in [-0.05, 0) is 89.9 Å². The van der Waals surface area contributed by atoms with E-state index in [1.165, 1.54) is 167 Å². The first kappa shape index (κ1) is 65.1.